The summed E-state index contributed by atoms with van der Waals surface area (Å²) in [4.78, 5) is 13.9. The molecule has 0 bridgehead atoms. The number of amides is 1. The van der Waals surface area contributed by atoms with Crippen LogP contribution in [-0.4, -0.2) is 36.3 Å². The summed E-state index contributed by atoms with van der Waals surface area (Å²) in [5.74, 6) is 0.773. The lowest BCUT2D eigenvalue weighted by atomic mass is 10.1. The fourth-order valence-corrected chi connectivity index (χ4v) is 3.05. The van der Waals surface area contributed by atoms with Crippen molar-refractivity contribution in [3.8, 4) is 0 Å². The van der Waals surface area contributed by atoms with Crippen molar-refractivity contribution in [2.45, 2.75) is 19.6 Å². The highest BCUT2D eigenvalue weighted by atomic mass is 35.5. The Hall–Kier alpha value is -0.710. The Labute approximate surface area is 125 Å². The Morgan fingerprint density at radius 2 is 2.00 bits per heavy atom. The molecule has 1 aliphatic heterocycles. The highest BCUT2D eigenvalue weighted by molar-refractivity contribution is 8.12. The van der Waals surface area contributed by atoms with Crippen LogP contribution in [0.1, 0.15) is 16.7 Å². The third kappa shape index (κ3) is 4.71. The van der Waals surface area contributed by atoms with Crippen molar-refractivity contribution >= 4 is 29.4 Å². The number of benzene rings is 1. The summed E-state index contributed by atoms with van der Waals surface area (Å²) in [6.45, 7) is 7.69. The van der Waals surface area contributed by atoms with E-state index < -0.39 is 0 Å². The molecule has 0 atom stereocenters. The molecule has 1 N–H and O–H groups in total. The van der Waals surface area contributed by atoms with E-state index in [0.717, 1.165) is 31.9 Å². The molecular formula is C14H21ClN2OS. The second-order valence-corrected chi connectivity index (χ2v) is 5.65. The predicted molar refractivity (Wildman–Crippen MR) is 84.3 cm³/mol. The summed E-state index contributed by atoms with van der Waals surface area (Å²) >= 11 is 1.42. The van der Waals surface area contributed by atoms with Gasteiger partial charge in [-0.25, -0.2) is 0 Å². The number of halogens is 1. The Bertz CT molecular complexity index is 433. The van der Waals surface area contributed by atoms with Gasteiger partial charge in [0.1, 0.15) is 0 Å². The molecule has 1 heterocycles. The van der Waals surface area contributed by atoms with Gasteiger partial charge in [-0.05, 0) is 25.0 Å². The van der Waals surface area contributed by atoms with Crippen molar-refractivity contribution in [1.29, 1.82) is 0 Å². The SMILES string of the molecule is Cc1ccc(CSC(=O)N2CCNCC2)c(C)c1.Cl. The molecule has 5 heteroatoms. The number of hydrogen-bond donors (Lipinski definition) is 1. The zero-order chi connectivity index (χ0) is 13.0. The number of rotatable bonds is 2. The quantitative estimate of drug-likeness (QED) is 0.911. The summed E-state index contributed by atoms with van der Waals surface area (Å²) in [6, 6.07) is 6.41. The van der Waals surface area contributed by atoms with Gasteiger partial charge in [-0.1, -0.05) is 35.5 Å². The van der Waals surface area contributed by atoms with Gasteiger partial charge >= 0.3 is 0 Å². The van der Waals surface area contributed by atoms with Crippen LogP contribution in [0.2, 0.25) is 0 Å². The van der Waals surface area contributed by atoms with Crippen LogP contribution in [0, 0.1) is 13.8 Å². The van der Waals surface area contributed by atoms with E-state index in [9.17, 15) is 4.79 Å². The van der Waals surface area contributed by atoms with E-state index in [1.807, 2.05) is 4.90 Å². The molecule has 0 spiro atoms. The zero-order valence-electron chi connectivity index (χ0n) is 11.4. The van der Waals surface area contributed by atoms with Crippen LogP contribution < -0.4 is 5.32 Å². The highest BCUT2D eigenvalue weighted by Crippen LogP contribution is 2.20. The van der Waals surface area contributed by atoms with Gasteiger partial charge in [0.2, 0.25) is 0 Å². The predicted octanol–water partition coefficient (Wildman–Crippen LogP) is 2.98. The van der Waals surface area contributed by atoms with E-state index in [1.54, 1.807) is 0 Å². The van der Waals surface area contributed by atoms with Crippen LogP contribution in [0.5, 0.6) is 0 Å². The molecule has 1 amide bonds. The van der Waals surface area contributed by atoms with Crippen molar-refractivity contribution in [3.05, 3.63) is 34.9 Å². The molecule has 0 unspecified atom stereocenters. The molecule has 1 aromatic rings. The lowest BCUT2D eigenvalue weighted by Gasteiger charge is -2.26. The first-order valence-electron chi connectivity index (χ1n) is 6.35. The molecule has 106 valence electrons. The number of piperazine rings is 1. The van der Waals surface area contributed by atoms with Gasteiger partial charge in [-0.2, -0.15) is 0 Å². The number of hydrogen-bond acceptors (Lipinski definition) is 3. The summed E-state index contributed by atoms with van der Waals surface area (Å²) < 4.78 is 0. The van der Waals surface area contributed by atoms with Gasteiger partial charge in [-0.15, -0.1) is 12.4 Å². The number of nitrogens with one attached hydrogen (secondary N) is 1. The van der Waals surface area contributed by atoms with E-state index in [2.05, 4.69) is 37.4 Å². The second-order valence-electron chi connectivity index (χ2n) is 4.72. The van der Waals surface area contributed by atoms with Gasteiger partial charge in [0.15, 0.2) is 0 Å². The minimum Gasteiger partial charge on any atom is -0.331 e. The first-order valence-corrected chi connectivity index (χ1v) is 7.34. The third-order valence-electron chi connectivity index (χ3n) is 3.22. The van der Waals surface area contributed by atoms with Gasteiger partial charge < -0.3 is 10.2 Å². The summed E-state index contributed by atoms with van der Waals surface area (Å²) in [7, 11) is 0. The number of aryl methyl sites for hydroxylation is 2. The smallest absolute Gasteiger partial charge is 0.282 e. The minimum absolute atomic E-state index is 0. The lowest BCUT2D eigenvalue weighted by Crippen LogP contribution is -2.45. The molecule has 1 aliphatic rings. The van der Waals surface area contributed by atoms with E-state index >= 15 is 0 Å². The van der Waals surface area contributed by atoms with E-state index in [4.69, 9.17) is 0 Å². The molecule has 0 saturated carbocycles. The number of nitrogens with zero attached hydrogens (tertiary/aromatic N) is 1. The van der Waals surface area contributed by atoms with E-state index in [1.165, 1.54) is 28.5 Å². The Kier molecular flexibility index (Phi) is 6.69. The summed E-state index contributed by atoms with van der Waals surface area (Å²) in [5, 5.41) is 3.46. The standard InChI is InChI=1S/C14H20N2OS.ClH/c1-11-3-4-13(12(2)9-11)10-18-14(17)16-7-5-15-6-8-16;/h3-4,9,15H,5-8,10H2,1-2H3;1H. The molecule has 0 radical (unpaired) electrons. The van der Waals surface area contributed by atoms with Crippen LogP contribution in [-0.2, 0) is 5.75 Å². The summed E-state index contributed by atoms with van der Waals surface area (Å²) in [6.07, 6.45) is 0. The van der Waals surface area contributed by atoms with Gasteiger partial charge in [-0.3, -0.25) is 4.79 Å². The van der Waals surface area contributed by atoms with Crippen LogP contribution in [0.3, 0.4) is 0 Å². The minimum atomic E-state index is 0. The Morgan fingerprint density at radius 3 is 2.63 bits per heavy atom. The zero-order valence-corrected chi connectivity index (χ0v) is 13.1. The highest BCUT2D eigenvalue weighted by Gasteiger charge is 2.16. The molecule has 1 aromatic carbocycles. The average molecular weight is 301 g/mol. The maximum atomic E-state index is 12.0. The number of carbonyl (C=O) groups excluding carboxylic acids is 1. The van der Waals surface area contributed by atoms with Crippen molar-refractivity contribution in [1.82, 2.24) is 10.2 Å². The van der Waals surface area contributed by atoms with Crippen molar-refractivity contribution < 1.29 is 4.79 Å². The van der Waals surface area contributed by atoms with Crippen LogP contribution in [0.15, 0.2) is 18.2 Å². The maximum Gasteiger partial charge on any atom is 0.282 e. The van der Waals surface area contributed by atoms with Crippen LogP contribution in [0.25, 0.3) is 0 Å². The second kappa shape index (κ2) is 7.78. The largest absolute Gasteiger partial charge is 0.331 e. The van der Waals surface area contributed by atoms with Crippen LogP contribution in [0.4, 0.5) is 4.79 Å². The van der Waals surface area contributed by atoms with Gasteiger partial charge in [0.25, 0.3) is 5.24 Å². The molecule has 0 aromatic heterocycles. The Morgan fingerprint density at radius 1 is 1.32 bits per heavy atom. The number of thioether (sulfide) groups is 1. The normalized spacial score (nSPS) is 14.9. The first-order chi connectivity index (χ1) is 8.66. The molecule has 0 aliphatic carbocycles. The Balaban J connectivity index is 0.00000180. The third-order valence-corrected chi connectivity index (χ3v) is 4.18. The van der Waals surface area contributed by atoms with Crippen molar-refractivity contribution in [2.75, 3.05) is 26.2 Å². The molecule has 19 heavy (non-hydrogen) atoms. The molecule has 1 fully saturated rings. The fourth-order valence-electron chi connectivity index (χ4n) is 2.09. The first kappa shape index (κ1) is 16.3. The monoisotopic (exact) mass is 300 g/mol. The average Bonchev–Trinajstić information content (AvgIpc) is 2.38. The van der Waals surface area contributed by atoms with E-state index in [0.29, 0.717) is 0 Å². The maximum absolute atomic E-state index is 12.0. The molecule has 3 nitrogen and oxygen atoms in total. The topological polar surface area (TPSA) is 32.3 Å². The van der Waals surface area contributed by atoms with E-state index in [-0.39, 0.29) is 17.6 Å². The molecule has 2 rings (SSSR count). The molecule has 1 saturated heterocycles. The lowest BCUT2D eigenvalue weighted by molar-refractivity contribution is 0.215. The van der Waals surface area contributed by atoms with Gasteiger partial charge in [0.05, 0.1) is 0 Å². The summed E-state index contributed by atoms with van der Waals surface area (Å²) in [5.41, 5.74) is 3.80. The van der Waals surface area contributed by atoms with Crippen LogP contribution >= 0.6 is 24.2 Å². The fraction of sp³-hybridized carbons (Fsp3) is 0.500. The number of carbonyl (C=O) groups is 1. The molecular weight excluding hydrogens is 280 g/mol. The van der Waals surface area contributed by atoms with Gasteiger partial charge in [0, 0.05) is 31.9 Å². The van der Waals surface area contributed by atoms with Crippen molar-refractivity contribution in [3.63, 3.8) is 0 Å². The van der Waals surface area contributed by atoms with Crippen molar-refractivity contribution in [2.24, 2.45) is 0 Å².